The van der Waals surface area contributed by atoms with Gasteiger partial charge in [0.05, 0.1) is 0 Å². The van der Waals surface area contributed by atoms with Gasteiger partial charge in [-0.1, -0.05) is 6.42 Å². The molecule has 1 saturated carbocycles. The number of amides is 1. The molecule has 0 aromatic carbocycles. The molecule has 2 aliphatic rings. The van der Waals surface area contributed by atoms with Crippen molar-refractivity contribution in [3.8, 4) is 0 Å². The minimum Gasteiger partial charge on any atom is -0.356 e. The number of hydrogen-bond donors (Lipinski definition) is 2. The van der Waals surface area contributed by atoms with Crippen LogP contribution < -0.4 is 11.1 Å². The predicted molar refractivity (Wildman–Crippen MR) is 83.0 cm³/mol. The van der Waals surface area contributed by atoms with Crippen molar-refractivity contribution >= 4 is 30.7 Å². The summed E-state index contributed by atoms with van der Waals surface area (Å²) in [5.74, 6) is 1.25. The van der Waals surface area contributed by atoms with Gasteiger partial charge in [0.15, 0.2) is 0 Å². The van der Waals surface area contributed by atoms with E-state index >= 15 is 0 Å². The molecule has 4 nitrogen and oxygen atoms in total. The van der Waals surface area contributed by atoms with E-state index in [0.717, 1.165) is 32.5 Å². The van der Waals surface area contributed by atoms with Crippen molar-refractivity contribution in [3.05, 3.63) is 0 Å². The molecular formula is C13H27Cl2N3O. The first-order valence-electron chi connectivity index (χ1n) is 6.86. The molecule has 0 radical (unpaired) electrons. The van der Waals surface area contributed by atoms with E-state index in [1.54, 1.807) is 0 Å². The molecule has 2 fully saturated rings. The molecule has 1 unspecified atom stereocenters. The molecule has 1 amide bonds. The summed E-state index contributed by atoms with van der Waals surface area (Å²) in [6.45, 7) is 3.11. The second kappa shape index (κ2) is 9.01. The predicted octanol–water partition coefficient (Wildman–Crippen LogP) is 1.42. The van der Waals surface area contributed by atoms with E-state index in [-0.39, 0.29) is 36.8 Å². The highest BCUT2D eigenvalue weighted by Crippen LogP contribution is 2.26. The second-order valence-electron chi connectivity index (χ2n) is 5.78. The van der Waals surface area contributed by atoms with Crippen LogP contribution in [0.25, 0.3) is 0 Å². The van der Waals surface area contributed by atoms with Crippen LogP contribution in [0.2, 0.25) is 0 Å². The lowest BCUT2D eigenvalue weighted by Crippen LogP contribution is -2.34. The Morgan fingerprint density at radius 3 is 2.58 bits per heavy atom. The van der Waals surface area contributed by atoms with Crippen molar-refractivity contribution in [1.82, 2.24) is 10.2 Å². The highest BCUT2D eigenvalue weighted by Gasteiger charge is 2.26. The van der Waals surface area contributed by atoms with Gasteiger partial charge in [0.1, 0.15) is 0 Å². The Morgan fingerprint density at radius 1 is 1.32 bits per heavy atom. The number of rotatable bonds is 4. The van der Waals surface area contributed by atoms with Crippen LogP contribution in [0.4, 0.5) is 0 Å². The molecule has 6 heteroatoms. The SMILES string of the molecule is CN1CCC(CNC(=O)C[C@@H]2CCC[C@H]2N)C1.Cl.Cl. The largest absolute Gasteiger partial charge is 0.356 e. The van der Waals surface area contributed by atoms with Gasteiger partial charge in [-0.25, -0.2) is 0 Å². The number of carbonyl (C=O) groups excluding carboxylic acids is 1. The van der Waals surface area contributed by atoms with E-state index in [4.69, 9.17) is 5.73 Å². The van der Waals surface area contributed by atoms with Gasteiger partial charge in [0, 0.05) is 25.6 Å². The van der Waals surface area contributed by atoms with E-state index in [9.17, 15) is 4.79 Å². The third kappa shape index (κ3) is 5.86. The molecule has 2 rings (SSSR count). The molecule has 1 aliphatic heterocycles. The number of nitrogens with one attached hydrogen (secondary N) is 1. The summed E-state index contributed by atoms with van der Waals surface area (Å²) in [6, 6.07) is 0.248. The molecule has 114 valence electrons. The third-order valence-electron chi connectivity index (χ3n) is 4.24. The zero-order chi connectivity index (χ0) is 12.3. The van der Waals surface area contributed by atoms with Crippen molar-refractivity contribution < 1.29 is 4.79 Å². The van der Waals surface area contributed by atoms with Crippen molar-refractivity contribution in [2.75, 3.05) is 26.7 Å². The molecule has 0 aromatic heterocycles. The van der Waals surface area contributed by atoms with Crippen LogP contribution in [0.15, 0.2) is 0 Å². The molecule has 3 N–H and O–H groups in total. The zero-order valence-corrected chi connectivity index (χ0v) is 13.3. The highest BCUT2D eigenvalue weighted by atomic mass is 35.5. The Hall–Kier alpha value is -0.0300. The summed E-state index contributed by atoms with van der Waals surface area (Å²) >= 11 is 0. The lowest BCUT2D eigenvalue weighted by Gasteiger charge is -2.16. The first kappa shape index (κ1) is 19.0. The topological polar surface area (TPSA) is 58.4 Å². The fraction of sp³-hybridized carbons (Fsp3) is 0.923. The Morgan fingerprint density at radius 2 is 2.05 bits per heavy atom. The van der Waals surface area contributed by atoms with E-state index in [2.05, 4.69) is 17.3 Å². The van der Waals surface area contributed by atoms with Crippen LogP contribution >= 0.6 is 24.8 Å². The molecule has 0 bridgehead atoms. The smallest absolute Gasteiger partial charge is 0.220 e. The second-order valence-corrected chi connectivity index (χ2v) is 5.78. The molecular weight excluding hydrogens is 285 g/mol. The van der Waals surface area contributed by atoms with Gasteiger partial charge in [-0.15, -0.1) is 24.8 Å². The minimum atomic E-state index is 0. The first-order chi connectivity index (χ1) is 8.15. The van der Waals surface area contributed by atoms with Gasteiger partial charge in [-0.3, -0.25) is 4.79 Å². The molecule has 1 heterocycles. The van der Waals surface area contributed by atoms with Gasteiger partial charge < -0.3 is 16.0 Å². The summed E-state index contributed by atoms with van der Waals surface area (Å²) in [5, 5.41) is 3.07. The number of halogens is 2. The first-order valence-corrected chi connectivity index (χ1v) is 6.86. The Labute approximate surface area is 128 Å². The van der Waals surface area contributed by atoms with Crippen LogP contribution in [0.3, 0.4) is 0 Å². The van der Waals surface area contributed by atoms with Crippen LogP contribution in [0.5, 0.6) is 0 Å². The average Bonchev–Trinajstić information content (AvgIpc) is 2.86. The third-order valence-corrected chi connectivity index (χ3v) is 4.24. The summed E-state index contributed by atoms with van der Waals surface area (Å²) in [6.07, 6.45) is 5.24. The zero-order valence-electron chi connectivity index (χ0n) is 11.6. The van der Waals surface area contributed by atoms with Crippen molar-refractivity contribution in [1.29, 1.82) is 0 Å². The Balaban J connectivity index is 0.00000162. The van der Waals surface area contributed by atoms with E-state index in [0.29, 0.717) is 18.3 Å². The standard InChI is InChI=1S/C13H25N3O.2ClH/c1-16-6-5-10(9-16)8-15-13(17)7-11-3-2-4-12(11)14;;/h10-12H,2-9,14H2,1H3,(H,15,17);2*1H/t10?,11-,12+;;/m0../s1. The van der Waals surface area contributed by atoms with Crippen LogP contribution in [0, 0.1) is 11.8 Å². The summed E-state index contributed by atoms with van der Waals surface area (Å²) < 4.78 is 0. The number of nitrogens with two attached hydrogens (primary N) is 1. The molecule has 0 aromatic rings. The fourth-order valence-electron chi connectivity index (χ4n) is 3.08. The van der Waals surface area contributed by atoms with E-state index in [1.165, 1.54) is 12.8 Å². The van der Waals surface area contributed by atoms with Crippen LogP contribution in [-0.4, -0.2) is 43.5 Å². The lowest BCUT2D eigenvalue weighted by molar-refractivity contribution is -0.122. The molecule has 3 atom stereocenters. The Kier molecular flexibility index (Phi) is 8.99. The number of hydrogen-bond acceptors (Lipinski definition) is 3. The number of likely N-dealkylation sites (tertiary alicyclic amines) is 1. The summed E-state index contributed by atoms with van der Waals surface area (Å²) in [7, 11) is 2.14. The van der Waals surface area contributed by atoms with Crippen molar-refractivity contribution in [2.24, 2.45) is 17.6 Å². The monoisotopic (exact) mass is 311 g/mol. The van der Waals surface area contributed by atoms with Gasteiger partial charge >= 0.3 is 0 Å². The normalized spacial score (nSPS) is 30.5. The molecule has 0 spiro atoms. The maximum absolute atomic E-state index is 11.8. The lowest BCUT2D eigenvalue weighted by atomic mass is 9.99. The Bertz CT molecular complexity index is 279. The van der Waals surface area contributed by atoms with Gasteiger partial charge in [0.25, 0.3) is 0 Å². The summed E-state index contributed by atoms with van der Waals surface area (Å²) in [5.41, 5.74) is 5.98. The average molecular weight is 312 g/mol. The maximum atomic E-state index is 11.8. The molecule has 1 saturated heterocycles. The minimum absolute atomic E-state index is 0. The maximum Gasteiger partial charge on any atom is 0.220 e. The van der Waals surface area contributed by atoms with Crippen molar-refractivity contribution in [3.63, 3.8) is 0 Å². The highest BCUT2D eigenvalue weighted by molar-refractivity contribution is 5.85. The van der Waals surface area contributed by atoms with Crippen LogP contribution in [-0.2, 0) is 4.79 Å². The number of nitrogens with zero attached hydrogens (tertiary/aromatic N) is 1. The molecule has 1 aliphatic carbocycles. The van der Waals surface area contributed by atoms with E-state index < -0.39 is 0 Å². The summed E-state index contributed by atoms with van der Waals surface area (Å²) in [4.78, 5) is 14.1. The van der Waals surface area contributed by atoms with Gasteiger partial charge in [-0.05, 0) is 44.7 Å². The molecule has 19 heavy (non-hydrogen) atoms. The van der Waals surface area contributed by atoms with Gasteiger partial charge in [0.2, 0.25) is 5.91 Å². The number of carbonyl (C=O) groups is 1. The van der Waals surface area contributed by atoms with Gasteiger partial charge in [-0.2, -0.15) is 0 Å². The van der Waals surface area contributed by atoms with Crippen molar-refractivity contribution in [2.45, 2.75) is 38.1 Å². The fourth-order valence-corrected chi connectivity index (χ4v) is 3.08. The quantitative estimate of drug-likeness (QED) is 0.825. The van der Waals surface area contributed by atoms with Crippen LogP contribution in [0.1, 0.15) is 32.1 Å². The van der Waals surface area contributed by atoms with E-state index in [1.807, 2.05) is 0 Å².